The molecule has 156 valence electrons. The highest BCUT2D eigenvalue weighted by atomic mass is 32.2. The minimum absolute atomic E-state index is 0.0683. The average molecular weight is 422 g/mol. The molecule has 0 bridgehead atoms. The number of sulfonamides is 1. The van der Waals surface area contributed by atoms with Gasteiger partial charge in [0.05, 0.1) is 11.3 Å². The molecule has 2 aromatic carbocycles. The maximum Gasteiger partial charge on any atom is 0.311 e. The lowest BCUT2D eigenvalue weighted by Gasteiger charge is -2.14. The van der Waals surface area contributed by atoms with Crippen LogP contribution < -0.4 is 10.0 Å². The molecule has 2 aromatic rings. The molecule has 0 saturated carbocycles. The Balaban J connectivity index is 1.92. The number of amides is 1. The summed E-state index contributed by atoms with van der Waals surface area (Å²) < 4.78 is 44.9. The average Bonchev–Trinajstić information content (AvgIpc) is 2.61. The van der Waals surface area contributed by atoms with Crippen LogP contribution in [-0.4, -0.2) is 32.4 Å². The Kier molecular flexibility index (Phi) is 7.46. The van der Waals surface area contributed by atoms with E-state index in [0.717, 1.165) is 0 Å². The van der Waals surface area contributed by atoms with E-state index < -0.39 is 33.8 Å². The van der Waals surface area contributed by atoms with Crippen molar-refractivity contribution in [3.63, 3.8) is 0 Å². The zero-order chi connectivity index (χ0) is 21.6. The van der Waals surface area contributed by atoms with Crippen molar-refractivity contribution in [3.05, 3.63) is 59.9 Å². The topological polar surface area (TPSA) is 102 Å². The fraction of sp³-hybridized carbons (Fsp3) is 0.300. The van der Waals surface area contributed by atoms with Gasteiger partial charge in [-0.25, -0.2) is 17.5 Å². The molecule has 0 aliphatic rings. The molecule has 1 atom stereocenters. The summed E-state index contributed by atoms with van der Waals surface area (Å²) in [6.07, 6.45) is -1.24. The second kappa shape index (κ2) is 9.62. The summed E-state index contributed by atoms with van der Waals surface area (Å²) >= 11 is 0. The number of benzene rings is 2. The molecule has 0 fully saturated rings. The highest BCUT2D eigenvalue weighted by Crippen LogP contribution is 2.15. The minimum atomic E-state index is -3.63. The second-order valence-electron chi connectivity index (χ2n) is 6.73. The maximum atomic E-state index is 13.2. The molecule has 0 saturated heterocycles. The van der Waals surface area contributed by atoms with Crippen LogP contribution in [0.5, 0.6) is 0 Å². The van der Waals surface area contributed by atoms with Gasteiger partial charge < -0.3 is 10.1 Å². The van der Waals surface area contributed by atoms with E-state index in [1.807, 2.05) is 0 Å². The SMILES string of the molecule is CC(C)NS(=O)(=O)c1ccc(NC(=O)[C@H](C)OC(=O)Cc2cccc(F)c2)cc1. The molecule has 2 N–H and O–H groups in total. The van der Waals surface area contributed by atoms with Gasteiger partial charge in [-0.15, -0.1) is 0 Å². The summed E-state index contributed by atoms with van der Waals surface area (Å²) in [7, 11) is -3.63. The van der Waals surface area contributed by atoms with E-state index in [4.69, 9.17) is 4.74 Å². The third-order valence-electron chi connectivity index (χ3n) is 3.74. The number of halogens is 1. The zero-order valence-corrected chi connectivity index (χ0v) is 17.1. The lowest BCUT2D eigenvalue weighted by Crippen LogP contribution is -2.31. The number of rotatable bonds is 8. The number of carbonyl (C=O) groups is 2. The quantitative estimate of drug-likeness (QED) is 0.637. The van der Waals surface area contributed by atoms with Gasteiger partial charge in [0.15, 0.2) is 6.10 Å². The van der Waals surface area contributed by atoms with Crippen LogP contribution in [0.25, 0.3) is 0 Å². The molecular weight excluding hydrogens is 399 g/mol. The van der Waals surface area contributed by atoms with Gasteiger partial charge in [0.1, 0.15) is 5.82 Å². The molecule has 0 heterocycles. The number of anilines is 1. The Bertz CT molecular complexity index is 975. The molecule has 2 rings (SSSR count). The summed E-state index contributed by atoms with van der Waals surface area (Å²) in [5.74, 6) is -1.71. The Morgan fingerprint density at radius 3 is 2.31 bits per heavy atom. The van der Waals surface area contributed by atoms with Gasteiger partial charge in [-0.05, 0) is 62.7 Å². The van der Waals surface area contributed by atoms with Crippen LogP contribution in [0.15, 0.2) is 53.4 Å². The summed E-state index contributed by atoms with van der Waals surface area (Å²) in [6, 6.07) is 10.9. The van der Waals surface area contributed by atoms with Gasteiger partial charge in [0, 0.05) is 11.7 Å². The van der Waals surface area contributed by atoms with Crippen LogP contribution in [-0.2, 0) is 30.8 Å². The Morgan fingerprint density at radius 1 is 1.07 bits per heavy atom. The third-order valence-corrected chi connectivity index (χ3v) is 5.41. The van der Waals surface area contributed by atoms with Crippen molar-refractivity contribution in [2.24, 2.45) is 0 Å². The summed E-state index contributed by atoms with van der Waals surface area (Å²) in [4.78, 5) is 24.2. The van der Waals surface area contributed by atoms with E-state index >= 15 is 0 Å². The van der Waals surface area contributed by atoms with Crippen LogP contribution in [0, 0.1) is 5.82 Å². The van der Waals surface area contributed by atoms with Crippen molar-refractivity contribution in [2.45, 2.75) is 44.2 Å². The number of nitrogens with one attached hydrogen (secondary N) is 2. The van der Waals surface area contributed by atoms with Crippen molar-refractivity contribution >= 4 is 27.6 Å². The van der Waals surface area contributed by atoms with Crippen LogP contribution in [0.2, 0.25) is 0 Å². The first-order valence-electron chi connectivity index (χ1n) is 8.94. The van der Waals surface area contributed by atoms with Crippen LogP contribution in [0.1, 0.15) is 26.3 Å². The Hall–Kier alpha value is -2.78. The van der Waals surface area contributed by atoms with E-state index in [9.17, 15) is 22.4 Å². The first-order valence-corrected chi connectivity index (χ1v) is 10.4. The number of esters is 1. The van der Waals surface area contributed by atoms with E-state index in [1.165, 1.54) is 49.4 Å². The predicted molar refractivity (Wildman–Crippen MR) is 106 cm³/mol. The largest absolute Gasteiger partial charge is 0.452 e. The van der Waals surface area contributed by atoms with E-state index in [-0.39, 0.29) is 17.4 Å². The summed E-state index contributed by atoms with van der Waals surface area (Å²) in [6.45, 7) is 4.83. The van der Waals surface area contributed by atoms with Crippen molar-refractivity contribution in [2.75, 3.05) is 5.32 Å². The summed E-state index contributed by atoms with van der Waals surface area (Å²) in [5, 5.41) is 2.55. The fourth-order valence-corrected chi connectivity index (χ4v) is 3.70. The van der Waals surface area contributed by atoms with Gasteiger partial charge in [-0.3, -0.25) is 9.59 Å². The lowest BCUT2D eigenvalue weighted by molar-refractivity contribution is -0.152. The van der Waals surface area contributed by atoms with Gasteiger partial charge in [0.2, 0.25) is 10.0 Å². The van der Waals surface area contributed by atoms with Gasteiger partial charge >= 0.3 is 5.97 Å². The van der Waals surface area contributed by atoms with Crippen LogP contribution >= 0.6 is 0 Å². The molecule has 1 amide bonds. The predicted octanol–water partition coefficient (Wildman–Crippen LogP) is 2.63. The second-order valence-corrected chi connectivity index (χ2v) is 8.44. The normalized spacial score (nSPS) is 12.4. The summed E-state index contributed by atoms with van der Waals surface area (Å²) in [5.41, 5.74) is 0.793. The Morgan fingerprint density at radius 2 is 1.72 bits per heavy atom. The third kappa shape index (κ3) is 6.95. The minimum Gasteiger partial charge on any atom is -0.452 e. The lowest BCUT2D eigenvalue weighted by atomic mass is 10.1. The van der Waals surface area contributed by atoms with E-state index in [0.29, 0.717) is 11.3 Å². The monoisotopic (exact) mass is 422 g/mol. The molecule has 0 spiro atoms. The van der Waals surface area contributed by atoms with E-state index in [1.54, 1.807) is 19.9 Å². The molecule has 0 aromatic heterocycles. The van der Waals surface area contributed by atoms with Gasteiger partial charge in [-0.1, -0.05) is 12.1 Å². The van der Waals surface area contributed by atoms with Crippen molar-refractivity contribution in [3.8, 4) is 0 Å². The molecular formula is C20H23FN2O5S. The zero-order valence-electron chi connectivity index (χ0n) is 16.3. The van der Waals surface area contributed by atoms with E-state index in [2.05, 4.69) is 10.0 Å². The first-order chi connectivity index (χ1) is 13.6. The van der Waals surface area contributed by atoms with Crippen LogP contribution in [0.4, 0.5) is 10.1 Å². The molecule has 0 radical (unpaired) electrons. The molecule has 0 unspecified atom stereocenters. The smallest absolute Gasteiger partial charge is 0.311 e. The van der Waals surface area contributed by atoms with Crippen molar-refractivity contribution in [1.82, 2.24) is 4.72 Å². The maximum absolute atomic E-state index is 13.2. The molecule has 0 aliphatic heterocycles. The molecule has 9 heteroatoms. The highest BCUT2D eigenvalue weighted by molar-refractivity contribution is 7.89. The fourth-order valence-electron chi connectivity index (χ4n) is 2.45. The first kappa shape index (κ1) is 22.5. The standard InChI is InChI=1S/C20H23FN2O5S/c1-13(2)23-29(26,27)18-9-7-17(8-10-18)22-20(25)14(3)28-19(24)12-15-5-4-6-16(21)11-15/h4-11,13-14,23H,12H2,1-3H3,(H,22,25)/t14-/m0/s1. The highest BCUT2D eigenvalue weighted by Gasteiger charge is 2.19. The van der Waals surface area contributed by atoms with Crippen molar-refractivity contribution in [1.29, 1.82) is 0 Å². The van der Waals surface area contributed by atoms with Gasteiger partial charge in [-0.2, -0.15) is 0 Å². The number of hydrogen-bond donors (Lipinski definition) is 2. The number of carbonyl (C=O) groups excluding carboxylic acids is 2. The molecule has 0 aliphatic carbocycles. The van der Waals surface area contributed by atoms with Crippen LogP contribution in [0.3, 0.4) is 0 Å². The molecule has 29 heavy (non-hydrogen) atoms. The number of ether oxygens (including phenoxy) is 1. The van der Waals surface area contributed by atoms with Gasteiger partial charge in [0.25, 0.3) is 5.91 Å². The Labute approximate surface area is 169 Å². The van der Waals surface area contributed by atoms with Crippen molar-refractivity contribution < 1.29 is 27.1 Å². The number of hydrogen-bond acceptors (Lipinski definition) is 5. The molecule has 7 nitrogen and oxygen atoms in total.